The third-order valence-corrected chi connectivity index (χ3v) is 29.0. The minimum Gasteiger partial charge on any atom is -0.484 e. The SMILES string of the molecule is NC(CCC(=O)CCCOCCOCCOCCNS(=O)(=O)c1ccc(O[C@H]2c3ccccc3C[C@@H]2N2CCCCC2)cc1)(CCC(=O)NCCOCCOCCOCCNS(=O)(=O)c1ccc(O[C@H]2c3ccccc3C[C@@H]2N2CCCCC2)cc1)CCC(=O)NCCOCCOCCOCCNS(=O)(=O)c1ccc(O[C@H]2c3ccccc3C[C@@H]2N2CCCCC2)cc1. The average molecular weight is 1840 g/mol. The largest absolute Gasteiger partial charge is 0.484 e. The number of ether oxygens (including phenoxy) is 12. The van der Waals surface area contributed by atoms with Crippen molar-refractivity contribution in [3.05, 3.63) is 179 Å². The van der Waals surface area contributed by atoms with E-state index in [4.69, 9.17) is 62.6 Å². The van der Waals surface area contributed by atoms with E-state index < -0.39 is 35.6 Å². The van der Waals surface area contributed by atoms with Gasteiger partial charge in [-0.1, -0.05) is 92.1 Å². The lowest BCUT2D eigenvalue weighted by molar-refractivity contribution is -0.121. The van der Waals surface area contributed by atoms with Crippen molar-refractivity contribution in [3.8, 4) is 17.2 Å². The summed E-state index contributed by atoms with van der Waals surface area (Å²) in [5, 5.41) is 5.72. The van der Waals surface area contributed by atoms with Gasteiger partial charge in [-0.3, -0.25) is 29.1 Å². The van der Waals surface area contributed by atoms with Crippen LogP contribution < -0.4 is 44.7 Å². The van der Waals surface area contributed by atoms with Crippen molar-refractivity contribution in [1.29, 1.82) is 0 Å². The van der Waals surface area contributed by atoms with E-state index in [-0.39, 0.29) is 245 Å². The Morgan fingerprint density at radius 2 is 0.586 bits per heavy atom. The predicted molar refractivity (Wildman–Crippen MR) is 485 cm³/mol. The second-order valence-corrected chi connectivity index (χ2v) is 38.9. The first kappa shape index (κ1) is 99.6. The van der Waals surface area contributed by atoms with Crippen molar-refractivity contribution in [1.82, 2.24) is 39.5 Å². The zero-order chi connectivity index (χ0) is 89.5. The van der Waals surface area contributed by atoms with E-state index >= 15 is 0 Å². The number of nitrogens with two attached hydrogens (primary N) is 1. The summed E-state index contributed by atoms with van der Waals surface area (Å²) in [6, 6.07) is 45.6. The minimum absolute atomic E-state index is 0.0281. The van der Waals surface area contributed by atoms with Crippen LogP contribution in [0.15, 0.2) is 160 Å². The summed E-state index contributed by atoms with van der Waals surface area (Å²) < 4.78 is 157. The van der Waals surface area contributed by atoms with E-state index in [2.05, 4.69) is 94.1 Å². The maximum Gasteiger partial charge on any atom is 0.240 e. The second-order valence-electron chi connectivity index (χ2n) is 33.6. The molecule has 0 unspecified atom stereocenters. The van der Waals surface area contributed by atoms with Crippen LogP contribution in [0.1, 0.15) is 161 Å². The van der Waals surface area contributed by atoms with Gasteiger partial charge in [0.05, 0.1) is 145 Å². The summed E-state index contributed by atoms with van der Waals surface area (Å²) in [7, 11) is -11.4. The molecule has 12 rings (SSSR count). The highest BCUT2D eigenvalue weighted by Crippen LogP contribution is 2.43. The van der Waals surface area contributed by atoms with Crippen LogP contribution in [0.5, 0.6) is 17.2 Å². The Morgan fingerprint density at radius 1 is 0.320 bits per heavy atom. The quantitative estimate of drug-likeness (QED) is 0.0194. The van der Waals surface area contributed by atoms with Crippen LogP contribution in [-0.2, 0) is 106 Å². The Labute approximate surface area is 757 Å². The van der Waals surface area contributed by atoms with Crippen molar-refractivity contribution in [2.24, 2.45) is 5.73 Å². The molecule has 128 heavy (non-hydrogen) atoms. The number of Topliss-reactive ketones (excluding diaryl/α,β-unsaturated/α-hetero) is 1. The fourth-order valence-electron chi connectivity index (χ4n) is 17.6. The molecule has 6 aromatic rings. The first-order valence-corrected chi connectivity index (χ1v) is 50.6. The van der Waals surface area contributed by atoms with Crippen molar-refractivity contribution >= 4 is 47.7 Å². The Bertz CT molecular complexity index is 4220. The molecule has 0 spiro atoms. The molecule has 30 nitrogen and oxygen atoms in total. The van der Waals surface area contributed by atoms with E-state index in [1.54, 1.807) is 72.8 Å². The third kappa shape index (κ3) is 31.9. The number of piperidine rings is 3. The number of benzene rings is 6. The molecule has 704 valence electrons. The monoisotopic (exact) mass is 1830 g/mol. The first-order valence-electron chi connectivity index (χ1n) is 46.2. The zero-order valence-electron chi connectivity index (χ0n) is 74.2. The van der Waals surface area contributed by atoms with Gasteiger partial charge in [-0.05, 0) is 229 Å². The van der Waals surface area contributed by atoms with Gasteiger partial charge in [-0.25, -0.2) is 39.4 Å². The molecule has 7 N–H and O–H groups in total. The number of likely N-dealkylation sites (tertiary alicyclic amines) is 3. The van der Waals surface area contributed by atoms with Gasteiger partial charge in [-0.2, -0.15) is 0 Å². The smallest absolute Gasteiger partial charge is 0.240 e. The summed E-state index contributed by atoms with van der Waals surface area (Å²) in [4.78, 5) is 47.7. The third-order valence-electron chi connectivity index (χ3n) is 24.5. The van der Waals surface area contributed by atoms with Gasteiger partial charge in [0.1, 0.15) is 41.3 Å². The topological polar surface area (TPSA) is 360 Å². The van der Waals surface area contributed by atoms with Crippen molar-refractivity contribution < 1.29 is 96.5 Å². The number of nitrogens with one attached hydrogen (secondary N) is 5. The number of hydrogen-bond donors (Lipinski definition) is 6. The number of nitrogens with zero attached hydrogens (tertiary/aromatic N) is 3. The second kappa shape index (κ2) is 52.7. The van der Waals surface area contributed by atoms with E-state index in [1.165, 1.54) is 91.2 Å². The van der Waals surface area contributed by atoms with Gasteiger partial charge < -0.3 is 73.2 Å². The minimum atomic E-state index is -3.79. The van der Waals surface area contributed by atoms with E-state index in [0.717, 1.165) is 58.5 Å². The Morgan fingerprint density at radius 3 is 0.891 bits per heavy atom. The van der Waals surface area contributed by atoms with Crippen molar-refractivity contribution in [2.45, 2.75) is 185 Å². The lowest BCUT2D eigenvalue weighted by Gasteiger charge is -2.35. The van der Waals surface area contributed by atoms with Crippen LogP contribution >= 0.6 is 0 Å². The standard InChI is InChI=1S/C95H135N9O21S3/c96-95(39-36-77(105)20-16-53-114-59-65-120-68-62-117-56-44-99-126(108,109)81-30-24-78(25-31-81)123-92-84-21-7-4-17-74(84)71-87(92)102-47-10-1-11-48-102,40-37-90(106)97-42-54-115-60-66-121-69-63-118-57-45-100-127(110,111)82-32-26-79(27-33-82)124-93-85-22-8-5-18-75(85)72-88(93)103-49-12-2-13-50-103)41-38-91(107)98-43-55-116-61-67-122-70-64-119-58-46-101-128(112,113)83-34-28-80(29-35-83)125-94-86-23-9-6-19-76(86)73-89(94)104-51-14-3-15-52-104/h4-9,17-19,21-35,87-89,92-94,99-101H,1-3,10-16,20,36-73,96H2,(H,97,106)(H,98,107)/t87-,88-,89-,92-,93-,94-/m0/s1. The molecule has 3 saturated heterocycles. The van der Waals surface area contributed by atoms with Gasteiger partial charge >= 0.3 is 0 Å². The molecule has 33 heteroatoms. The van der Waals surface area contributed by atoms with E-state index in [1.807, 2.05) is 18.2 Å². The number of sulfonamides is 3. The van der Waals surface area contributed by atoms with Crippen LogP contribution in [0.4, 0.5) is 0 Å². The van der Waals surface area contributed by atoms with Crippen LogP contribution in [0, 0.1) is 0 Å². The maximum absolute atomic E-state index is 13.3. The van der Waals surface area contributed by atoms with Crippen LogP contribution in [0.2, 0.25) is 0 Å². The summed E-state index contributed by atoms with van der Waals surface area (Å²) in [6.45, 7) is 11.4. The first-order chi connectivity index (χ1) is 62.4. The Kier molecular flexibility index (Phi) is 41.0. The predicted octanol–water partition coefficient (Wildman–Crippen LogP) is 9.28. The van der Waals surface area contributed by atoms with Crippen molar-refractivity contribution in [3.63, 3.8) is 0 Å². The highest BCUT2D eigenvalue weighted by Gasteiger charge is 2.42. The zero-order valence-corrected chi connectivity index (χ0v) is 76.6. The van der Waals surface area contributed by atoms with Gasteiger partial charge in [-0.15, -0.1) is 0 Å². The summed E-state index contributed by atoms with van der Waals surface area (Å²) in [5.74, 6) is 1.30. The van der Waals surface area contributed by atoms with Crippen LogP contribution in [0.25, 0.3) is 0 Å². The molecule has 0 saturated carbocycles. The fraction of sp³-hybridized carbons (Fsp3) is 0.589. The molecule has 6 aliphatic rings. The molecule has 3 aliphatic carbocycles. The molecule has 0 radical (unpaired) electrons. The lowest BCUT2D eigenvalue weighted by Crippen LogP contribution is -2.43. The molecule has 0 aromatic heterocycles. The number of carbonyl (C=O) groups excluding carboxylic acids is 3. The highest BCUT2D eigenvalue weighted by atomic mass is 32.2. The summed E-state index contributed by atoms with van der Waals surface area (Å²) in [5.41, 5.74) is 13.4. The number of rotatable bonds is 61. The average Bonchev–Trinajstić information content (AvgIpc) is 1.64. The van der Waals surface area contributed by atoms with Gasteiger partial charge in [0.15, 0.2) is 0 Å². The molecule has 6 atom stereocenters. The molecular weight excluding hydrogens is 1700 g/mol. The van der Waals surface area contributed by atoms with Gasteiger partial charge in [0.2, 0.25) is 41.9 Å². The normalized spacial score (nSPS) is 19.3. The van der Waals surface area contributed by atoms with E-state index in [0.29, 0.717) is 43.5 Å². The molecule has 3 fully saturated rings. The number of fused-ring (bicyclic) bond motifs is 3. The van der Waals surface area contributed by atoms with Crippen LogP contribution in [0.3, 0.4) is 0 Å². The number of ketones is 1. The maximum atomic E-state index is 13.3. The summed E-state index contributed by atoms with van der Waals surface area (Å²) >= 11 is 0. The van der Waals surface area contributed by atoms with Crippen LogP contribution in [-0.4, -0.2) is 272 Å². The molecule has 0 bridgehead atoms. The highest BCUT2D eigenvalue weighted by molar-refractivity contribution is 7.90. The van der Waals surface area contributed by atoms with Crippen molar-refractivity contribution in [2.75, 3.05) is 191 Å². The number of amides is 2. The molecule has 3 aliphatic heterocycles. The molecule has 3 heterocycles. The van der Waals surface area contributed by atoms with Gasteiger partial charge in [0, 0.05) is 70.6 Å². The molecule has 6 aromatic carbocycles. The Balaban J connectivity index is 0.485. The lowest BCUT2D eigenvalue weighted by atomic mass is 9.83. The molecular formula is C95H135N9O21S3. The number of hydrogen-bond acceptors (Lipinski definition) is 25. The van der Waals surface area contributed by atoms with Gasteiger partial charge in [0.25, 0.3) is 0 Å². The fourth-order valence-corrected chi connectivity index (χ4v) is 20.6. The van der Waals surface area contributed by atoms with E-state index in [9.17, 15) is 39.6 Å². The number of carbonyl (C=O) groups is 3. The summed E-state index contributed by atoms with van der Waals surface area (Å²) in [6.07, 6.45) is 14.8. The Hall–Kier alpha value is -7.46. The molecule has 2 amide bonds.